The van der Waals surface area contributed by atoms with E-state index in [4.69, 9.17) is 4.74 Å². The van der Waals surface area contributed by atoms with E-state index in [0.717, 1.165) is 42.3 Å². The number of carbonyl (C=O) groups is 1. The Hall–Kier alpha value is -1.85. The monoisotopic (exact) mass is 527 g/mol. The number of aryl methyl sites for hydroxylation is 1. The second-order valence-electron chi connectivity index (χ2n) is 11.0. The normalized spacial score (nSPS) is 27.0. The molecule has 2 aromatic rings. The Morgan fingerprint density at radius 1 is 1.18 bits per heavy atom. The van der Waals surface area contributed by atoms with Crippen LogP contribution in [0.3, 0.4) is 0 Å². The molecule has 34 heavy (non-hydrogen) atoms. The number of aliphatic hydroxyl groups excluding tert-OH is 1. The fraction of sp³-hybridized carbons (Fsp3) is 0.552. The van der Waals surface area contributed by atoms with Crippen molar-refractivity contribution in [1.82, 2.24) is 0 Å². The zero-order chi connectivity index (χ0) is 24.5. The van der Waals surface area contributed by atoms with Crippen LogP contribution >= 0.6 is 15.9 Å². The molecule has 0 amide bonds. The molecule has 5 heteroatoms. The number of fused-ring (bicyclic) bond motifs is 3. The van der Waals surface area contributed by atoms with Crippen LogP contribution < -0.4 is 5.32 Å². The number of hydrogen-bond acceptors (Lipinski definition) is 4. The molecular formula is C29H38BrNO3. The van der Waals surface area contributed by atoms with Crippen molar-refractivity contribution in [3.05, 3.63) is 63.6 Å². The summed E-state index contributed by atoms with van der Waals surface area (Å²) in [5.74, 6) is 0.608. The van der Waals surface area contributed by atoms with E-state index in [9.17, 15) is 9.90 Å². The van der Waals surface area contributed by atoms with Crippen LogP contribution in [-0.4, -0.2) is 30.3 Å². The van der Waals surface area contributed by atoms with Crippen LogP contribution in [0.2, 0.25) is 0 Å². The van der Waals surface area contributed by atoms with Crippen molar-refractivity contribution in [2.45, 2.75) is 77.2 Å². The lowest BCUT2D eigenvalue weighted by atomic mass is 9.49. The second kappa shape index (κ2) is 10.0. The fourth-order valence-electron chi connectivity index (χ4n) is 6.31. The summed E-state index contributed by atoms with van der Waals surface area (Å²) in [4.78, 5) is 13.4. The molecule has 0 bridgehead atoms. The van der Waals surface area contributed by atoms with Gasteiger partial charge in [0.2, 0.25) is 0 Å². The average molecular weight is 529 g/mol. The summed E-state index contributed by atoms with van der Waals surface area (Å²) in [5, 5.41) is 13.6. The molecule has 2 unspecified atom stereocenters. The number of esters is 1. The molecule has 0 aromatic heterocycles. The number of hydrogen-bond donors (Lipinski definition) is 2. The van der Waals surface area contributed by atoms with E-state index in [1.54, 1.807) is 0 Å². The first kappa shape index (κ1) is 25.2. The maximum Gasteiger partial charge on any atom is 0.312 e. The van der Waals surface area contributed by atoms with Crippen molar-refractivity contribution in [1.29, 1.82) is 0 Å². The van der Waals surface area contributed by atoms with Crippen molar-refractivity contribution in [3.63, 3.8) is 0 Å². The minimum Gasteiger partial charge on any atom is -0.462 e. The van der Waals surface area contributed by atoms with Crippen LogP contribution in [-0.2, 0) is 21.4 Å². The molecule has 184 valence electrons. The molecule has 4 rings (SSSR count). The SMILES string of the molecule is CC(C)c1ccc2c(c1)CCC1[C@](C)(C(=O)OCC(O)CNc3ccc(Br)cc3)CCC[C@]21C. The summed E-state index contributed by atoms with van der Waals surface area (Å²) < 4.78 is 6.76. The van der Waals surface area contributed by atoms with E-state index in [2.05, 4.69) is 67.1 Å². The largest absolute Gasteiger partial charge is 0.462 e. The van der Waals surface area contributed by atoms with Gasteiger partial charge in [0, 0.05) is 16.7 Å². The Labute approximate surface area is 212 Å². The number of rotatable bonds is 7. The molecule has 4 nitrogen and oxygen atoms in total. The van der Waals surface area contributed by atoms with Gasteiger partial charge in [-0.05, 0) is 90.8 Å². The molecule has 1 saturated carbocycles. The first-order valence-electron chi connectivity index (χ1n) is 12.6. The number of aliphatic hydroxyl groups is 1. The molecule has 4 atom stereocenters. The first-order valence-corrected chi connectivity index (χ1v) is 13.4. The van der Waals surface area contributed by atoms with Crippen molar-refractivity contribution in [2.24, 2.45) is 11.3 Å². The van der Waals surface area contributed by atoms with Gasteiger partial charge in [-0.2, -0.15) is 0 Å². The van der Waals surface area contributed by atoms with Gasteiger partial charge in [-0.1, -0.05) is 61.3 Å². The topological polar surface area (TPSA) is 58.6 Å². The van der Waals surface area contributed by atoms with Crippen LogP contribution in [0.4, 0.5) is 5.69 Å². The van der Waals surface area contributed by atoms with Crippen molar-refractivity contribution in [3.8, 4) is 0 Å². The highest BCUT2D eigenvalue weighted by molar-refractivity contribution is 9.10. The van der Waals surface area contributed by atoms with E-state index in [1.807, 2.05) is 24.3 Å². The van der Waals surface area contributed by atoms with E-state index in [0.29, 0.717) is 12.5 Å². The van der Waals surface area contributed by atoms with Crippen LogP contribution in [0.5, 0.6) is 0 Å². The van der Waals surface area contributed by atoms with Gasteiger partial charge in [-0.15, -0.1) is 0 Å². The number of benzene rings is 2. The lowest BCUT2D eigenvalue weighted by Crippen LogP contribution is -2.53. The molecule has 0 heterocycles. The summed E-state index contributed by atoms with van der Waals surface area (Å²) in [5.41, 5.74) is 4.65. The molecular weight excluding hydrogens is 490 g/mol. The lowest BCUT2D eigenvalue weighted by Gasteiger charge is -2.54. The number of carbonyl (C=O) groups excluding carboxylic acids is 1. The summed E-state index contributed by atoms with van der Waals surface area (Å²) in [6, 6.07) is 14.8. The Morgan fingerprint density at radius 2 is 1.91 bits per heavy atom. The van der Waals surface area contributed by atoms with Gasteiger partial charge in [-0.3, -0.25) is 4.79 Å². The molecule has 2 aliphatic carbocycles. The van der Waals surface area contributed by atoms with E-state index >= 15 is 0 Å². The predicted molar refractivity (Wildman–Crippen MR) is 141 cm³/mol. The zero-order valence-corrected chi connectivity index (χ0v) is 22.5. The molecule has 0 radical (unpaired) electrons. The number of nitrogens with one attached hydrogen (secondary N) is 1. The molecule has 2 N–H and O–H groups in total. The Morgan fingerprint density at radius 3 is 2.62 bits per heavy atom. The minimum absolute atomic E-state index is 0.00964. The number of ether oxygens (including phenoxy) is 1. The highest BCUT2D eigenvalue weighted by Crippen LogP contribution is 2.57. The summed E-state index contributed by atoms with van der Waals surface area (Å²) in [7, 11) is 0. The molecule has 2 aromatic carbocycles. The van der Waals surface area contributed by atoms with E-state index in [1.165, 1.54) is 16.7 Å². The van der Waals surface area contributed by atoms with Gasteiger partial charge < -0.3 is 15.2 Å². The van der Waals surface area contributed by atoms with Crippen molar-refractivity contribution < 1.29 is 14.6 Å². The fourth-order valence-corrected chi connectivity index (χ4v) is 6.58. The summed E-state index contributed by atoms with van der Waals surface area (Å²) >= 11 is 3.42. The molecule has 2 aliphatic rings. The van der Waals surface area contributed by atoms with Gasteiger partial charge in [-0.25, -0.2) is 0 Å². The zero-order valence-electron chi connectivity index (χ0n) is 20.9. The van der Waals surface area contributed by atoms with Crippen LogP contribution in [0.25, 0.3) is 0 Å². The van der Waals surface area contributed by atoms with E-state index < -0.39 is 11.5 Å². The first-order chi connectivity index (χ1) is 16.1. The minimum atomic E-state index is -0.757. The summed E-state index contributed by atoms with van der Waals surface area (Å²) in [6.07, 6.45) is 4.22. The van der Waals surface area contributed by atoms with Gasteiger partial charge in [0.1, 0.15) is 12.7 Å². The van der Waals surface area contributed by atoms with Crippen molar-refractivity contribution in [2.75, 3.05) is 18.5 Å². The number of halogens is 1. The predicted octanol–water partition coefficient (Wildman–Crippen LogP) is 6.60. The third-order valence-corrected chi connectivity index (χ3v) is 8.83. The highest BCUT2D eigenvalue weighted by atomic mass is 79.9. The lowest BCUT2D eigenvalue weighted by molar-refractivity contribution is -0.167. The van der Waals surface area contributed by atoms with Gasteiger partial charge in [0.15, 0.2) is 0 Å². The quantitative estimate of drug-likeness (QED) is 0.398. The van der Waals surface area contributed by atoms with Crippen LogP contribution in [0.1, 0.15) is 76.0 Å². The molecule has 0 spiro atoms. The number of anilines is 1. The smallest absolute Gasteiger partial charge is 0.312 e. The Kier molecular flexibility index (Phi) is 7.44. The maximum absolute atomic E-state index is 13.4. The van der Waals surface area contributed by atoms with Gasteiger partial charge >= 0.3 is 5.97 Å². The summed E-state index contributed by atoms with van der Waals surface area (Å²) in [6.45, 7) is 9.27. The Bertz CT molecular complexity index is 1020. The Balaban J connectivity index is 1.42. The van der Waals surface area contributed by atoms with Crippen LogP contribution in [0.15, 0.2) is 46.9 Å². The van der Waals surface area contributed by atoms with Crippen LogP contribution in [0, 0.1) is 11.3 Å². The molecule has 0 aliphatic heterocycles. The third-order valence-electron chi connectivity index (χ3n) is 8.30. The third kappa shape index (κ3) is 4.92. The van der Waals surface area contributed by atoms with Gasteiger partial charge in [0.25, 0.3) is 0 Å². The maximum atomic E-state index is 13.4. The molecule has 0 saturated heterocycles. The molecule has 1 fully saturated rings. The average Bonchev–Trinajstić information content (AvgIpc) is 2.81. The van der Waals surface area contributed by atoms with Crippen molar-refractivity contribution >= 4 is 27.6 Å². The highest BCUT2D eigenvalue weighted by Gasteiger charge is 2.55. The second-order valence-corrected chi connectivity index (χ2v) is 11.9. The van der Waals surface area contributed by atoms with Gasteiger partial charge in [0.05, 0.1) is 5.41 Å². The standard InChI is InChI=1S/C29H38BrNO3/c1-19(2)20-6-12-25-21(16-20)7-13-26-28(25,3)14-5-15-29(26,4)27(33)34-18-24(32)17-31-23-10-8-22(30)9-11-23/h6,8-12,16,19,24,26,31-32H,5,7,13-15,17-18H2,1-4H3/t24?,26?,28-,29-/m1/s1. The van der Waals surface area contributed by atoms with E-state index in [-0.39, 0.29) is 23.9 Å².